The fraction of sp³-hybridized carbons (Fsp3) is 0. The monoisotopic (exact) mass is 490 g/mol. The van der Waals surface area contributed by atoms with Gasteiger partial charge in [0.05, 0.1) is 11.4 Å². The summed E-state index contributed by atoms with van der Waals surface area (Å²) in [6.45, 7) is 0. The third-order valence-electron chi connectivity index (χ3n) is 7.36. The summed E-state index contributed by atoms with van der Waals surface area (Å²) >= 11 is 1.85. The van der Waals surface area contributed by atoms with Crippen molar-refractivity contribution in [3.05, 3.63) is 127 Å². The van der Waals surface area contributed by atoms with Crippen LogP contribution in [0.25, 0.3) is 43.7 Å². The van der Waals surface area contributed by atoms with Crippen LogP contribution >= 0.6 is 11.8 Å². The van der Waals surface area contributed by atoms with Crippen LogP contribution in [0, 0.1) is 0 Å². The molecule has 1 aliphatic heterocycles. The van der Waals surface area contributed by atoms with E-state index in [0.717, 1.165) is 0 Å². The van der Waals surface area contributed by atoms with Crippen LogP contribution < -0.4 is 4.90 Å². The lowest BCUT2D eigenvalue weighted by Gasteiger charge is -2.33. The second kappa shape index (κ2) is 8.02. The average molecular weight is 491 g/mol. The van der Waals surface area contributed by atoms with Crippen LogP contribution in [0.3, 0.4) is 0 Å². The Morgan fingerprint density at radius 1 is 0.514 bits per heavy atom. The fourth-order valence-electron chi connectivity index (χ4n) is 5.64. The molecule has 1 N–H and O–H groups in total. The smallest absolute Gasteiger partial charge is 0.0602 e. The molecule has 1 aromatic heterocycles. The summed E-state index contributed by atoms with van der Waals surface area (Å²) in [5.74, 6) is 0. The van der Waals surface area contributed by atoms with E-state index in [9.17, 15) is 0 Å². The summed E-state index contributed by atoms with van der Waals surface area (Å²) in [6, 6.07) is 46.0. The van der Waals surface area contributed by atoms with E-state index >= 15 is 0 Å². The van der Waals surface area contributed by atoms with Crippen LogP contribution in [0.5, 0.6) is 0 Å². The molecular weight excluding hydrogens is 468 g/mol. The molecule has 0 amide bonds. The minimum absolute atomic E-state index is 1.17. The number of nitrogens with one attached hydrogen (secondary N) is 1. The van der Waals surface area contributed by atoms with E-state index in [1.807, 2.05) is 11.8 Å². The summed E-state index contributed by atoms with van der Waals surface area (Å²) in [5.41, 5.74) is 8.44. The number of nitrogens with zero attached hydrogens (tertiary/aromatic N) is 1. The van der Waals surface area contributed by atoms with Gasteiger partial charge in [0.2, 0.25) is 0 Å². The number of aromatic nitrogens is 1. The van der Waals surface area contributed by atoms with Crippen molar-refractivity contribution in [2.24, 2.45) is 0 Å². The lowest BCUT2D eigenvalue weighted by atomic mass is 9.99. The van der Waals surface area contributed by atoms with Gasteiger partial charge in [0, 0.05) is 37.3 Å². The average Bonchev–Trinajstić information content (AvgIpc) is 3.34. The van der Waals surface area contributed by atoms with Crippen molar-refractivity contribution < 1.29 is 0 Å². The normalized spacial score (nSPS) is 12.7. The highest BCUT2D eigenvalue weighted by Gasteiger charge is 2.25. The number of rotatable bonds is 2. The summed E-state index contributed by atoms with van der Waals surface area (Å²) in [4.78, 5) is 8.54. The zero-order valence-corrected chi connectivity index (χ0v) is 20.8. The number of aromatic amines is 1. The Balaban J connectivity index is 1.30. The molecule has 37 heavy (non-hydrogen) atoms. The highest BCUT2D eigenvalue weighted by molar-refractivity contribution is 7.99. The van der Waals surface area contributed by atoms with Gasteiger partial charge in [0.25, 0.3) is 0 Å². The molecule has 3 heteroatoms. The topological polar surface area (TPSA) is 19.0 Å². The quantitative estimate of drug-likeness (QED) is 0.260. The molecule has 0 radical (unpaired) electrons. The predicted molar refractivity (Wildman–Crippen MR) is 158 cm³/mol. The van der Waals surface area contributed by atoms with Crippen LogP contribution in [0.4, 0.5) is 17.1 Å². The standard InChI is InChI=1S/C34H22N2S/c1-2-9-25(10-3-1)36-30-12-6-7-13-32(30)37-33-21-24(16-19-31(33)36)23-15-17-28-27(20-23)34-26-11-5-4-8-22(26)14-18-29(34)35-28/h1-21,35H. The van der Waals surface area contributed by atoms with Crippen LogP contribution in [-0.4, -0.2) is 4.98 Å². The van der Waals surface area contributed by atoms with Crippen LogP contribution in [0.15, 0.2) is 137 Å². The van der Waals surface area contributed by atoms with E-state index in [2.05, 4.69) is 137 Å². The molecule has 0 spiro atoms. The number of fused-ring (bicyclic) bond motifs is 7. The summed E-state index contributed by atoms with van der Waals surface area (Å²) in [7, 11) is 0. The first-order valence-corrected chi connectivity index (χ1v) is 13.3. The maximum absolute atomic E-state index is 3.62. The summed E-state index contributed by atoms with van der Waals surface area (Å²) < 4.78 is 0. The Labute approximate surface area is 219 Å². The minimum Gasteiger partial charge on any atom is -0.354 e. The van der Waals surface area contributed by atoms with Crippen molar-refractivity contribution in [1.82, 2.24) is 4.98 Å². The first-order chi connectivity index (χ1) is 18.3. The highest BCUT2D eigenvalue weighted by atomic mass is 32.2. The van der Waals surface area contributed by atoms with Crippen molar-refractivity contribution in [2.75, 3.05) is 4.90 Å². The molecule has 0 atom stereocenters. The fourth-order valence-corrected chi connectivity index (χ4v) is 6.74. The molecule has 0 saturated heterocycles. The largest absolute Gasteiger partial charge is 0.354 e. The van der Waals surface area contributed by atoms with E-state index in [1.54, 1.807) is 0 Å². The Morgan fingerprint density at radius 2 is 1.24 bits per heavy atom. The number of H-pyrrole nitrogens is 1. The molecule has 0 bridgehead atoms. The van der Waals surface area contributed by atoms with Gasteiger partial charge < -0.3 is 9.88 Å². The van der Waals surface area contributed by atoms with Gasteiger partial charge in [-0.15, -0.1) is 0 Å². The zero-order valence-electron chi connectivity index (χ0n) is 20.0. The van der Waals surface area contributed by atoms with Crippen molar-refractivity contribution >= 4 is 61.4 Å². The van der Waals surface area contributed by atoms with E-state index in [1.165, 1.54) is 70.6 Å². The number of anilines is 3. The van der Waals surface area contributed by atoms with Gasteiger partial charge in [-0.2, -0.15) is 0 Å². The van der Waals surface area contributed by atoms with Crippen LogP contribution in [-0.2, 0) is 0 Å². The zero-order chi connectivity index (χ0) is 24.3. The molecular formula is C34H22N2S. The highest BCUT2D eigenvalue weighted by Crippen LogP contribution is 2.52. The third kappa shape index (κ3) is 3.21. The van der Waals surface area contributed by atoms with Crippen molar-refractivity contribution in [1.29, 1.82) is 0 Å². The van der Waals surface area contributed by atoms with Gasteiger partial charge in [-0.05, 0) is 76.5 Å². The number of hydrogen-bond donors (Lipinski definition) is 1. The molecule has 2 nitrogen and oxygen atoms in total. The first-order valence-electron chi connectivity index (χ1n) is 12.5. The molecule has 0 saturated carbocycles. The van der Waals surface area contributed by atoms with Gasteiger partial charge in [0.1, 0.15) is 0 Å². The molecule has 1 aliphatic rings. The Kier molecular flexibility index (Phi) is 4.49. The first kappa shape index (κ1) is 20.7. The molecule has 2 heterocycles. The van der Waals surface area contributed by atoms with Gasteiger partial charge >= 0.3 is 0 Å². The second-order valence-electron chi connectivity index (χ2n) is 9.52. The second-order valence-corrected chi connectivity index (χ2v) is 10.6. The lowest BCUT2D eigenvalue weighted by molar-refractivity contribution is 1.17. The Hall–Kier alpha value is -4.47. The number of benzene rings is 6. The lowest BCUT2D eigenvalue weighted by Crippen LogP contribution is -2.14. The maximum atomic E-state index is 3.62. The van der Waals surface area contributed by atoms with E-state index < -0.39 is 0 Å². The molecule has 8 rings (SSSR count). The third-order valence-corrected chi connectivity index (χ3v) is 8.47. The van der Waals surface area contributed by atoms with Gasteiger partial charge in [-0.3, -0.25) is 0 Å². The van der Waals surface area contributed by atoms with Gasteiger partial charge in [0.15, 0.2) is 0 Å². The molecule has 0 unspecified atom stereocenters. The van der Waals surface area contributed by atoms with E-state index in [-0.39, 0.29) is 0 Å². The minimum atomic E-state index is 1.17. The van der Waals surface area contributed by atoms with Crippen LogP contribution in [0.1, 0.15) is 0 Å². The molecule has 7 aromatic rings. The molecule has 0 aliphatic carbocycles. The number of hydrogen-bond acceptors (Lipinski definition) is 2. The van der Waals surface area contributed by atoms with E-state index in [4.69, 9.17) is 0 Å². The van der Waals surface area contributed by atoms with Crippen molar-refractivity contribution in [3.63, 3.8) is 0 Å². The molecule has 6 aromatic carbocycles. The van der Waals surface area contributed by atoms with Gasteiger partial charge in [-0.1, -0.05) is 84.6 Å². The molecule has 0 fully saturated rings. The molecule has 174 valence electrons. The maximum Gasteiger partial charge on any atom is 0.0602 e. The van der Waals surface area contributed by atoms with Crippen molar-refractivity contribution in [3.8, 4) is 11.1 Å². The van der Waals surface area contributed by atoms with E-state index in [0.29, 0.717) is 0 Å². The SMILES string of the molecule is c1ccc(N2c3ccccc3Sc3cc(-c4ccc5[nH]c6ccc7ccccc7c6c5c4)ccc32)cc1. The van der Waals surface area contributed by atoms with Gasteiger partial charge in [-0.25, -0.2) is 0 Å². The predicted octanol–water partition coefficient (Wildman–Crippen LogP) is 10.1. The van der Waals surface area contributed by atoms with Crippen LogP contribution in [0.2, 0.25) is 0 Å². The summed E-state index contributed by atoms with van der Waals surface area (Å²) in [5, 5.41) is 5.13. The number of para-hydroxylation sites is 2. The Morgan fingerprint density at radius 3 is 2.19 bits per heavy atom. The Bertz CT molecular complexity index is 1970. The summed E-state index contributed by atoms with van der Waals surface area (Å²) in [6.07, 6.45) is 0. The van der Waals surface area contributed by atoms with Crippen molar-refractivity contribution in [2.45, 2.75) is 9.79 Å².